The normalized spacial score (nSPS) is 12.1. The third-order valence-electron chi connectivity index (χ3n) is 1.85. The smallest absolute Gasteiger partial charge is 0.207 e. The van der Waals surface area contributed by atoms with Gasteiger partial charge in [0.2, 0.25) is 0 Å². The summed E-state index contributed by atoms with van der Waals surface area (Å²) in [6.45, 7) is 3.32. The number of halogens is 2. The minimum Gasteiger partial charge on any atom is -0.207 e. The molecule has 0 amide bonds. The summed E-state index contributed by atoms with van der Waals surface area (Å²) in [4.78, 5) is 0. The van der Waals surface area contributed by atoms with Crippen LogP contribution in [0.3, 0.4) is 0 Å². The molecule has 0 spiro atoms. The molecular weight excluding hydrogens is 311 g/mol. The largest absolute Gasteiger partial charge is 0.277 e. The molecule has 1 rings (SSSR count). The molecule has 2 N–H and O–H groups in total. The Hall–Kier alpha value is -0.500. The number of benzene rings is 1. The van der Waals surface area contributed by atoms with Crippen molar-refractivity contribution >= 4 is 26.1 Å². The molecule has 0 bridgehead atoms. The quantitative estimate of drug-likeness (QED) is 0.869. The summed E-state index contributed by atoms with van der Waals surface area (Å²) in [5.74, 6) is -0.444. The highest BCUT2D eigenvalue weighted by Crippen LogP contribution is 2.15. The fourth-order valence-electron chi connectivity index (χ4n) is 1.20. The summed E-state index contributed by atoms with van der Waals surface area (Å²) in [5, 5.41) is 0. The van der Waals surface area contributed by atoms with Gasteiger partial charge in [-0.1, -0.05) is 15.9 Å². The van der Waals surface area contributed by atoms with E-state index in [9.17, 15) is 12.8 Å². The van der Waals surface area contributed by atoms with Crippen LogP contribution in [0.2, 0.25) is 0 Å². The summed E-state index contributed by atoms with van der Waals surface area (Å²) in [6, 6.07) is 4.16. The molecule has 0 heterocycles. The Morgan fingerprint density at radius 3 is 2.65 bits per heavy atom. The Balaban J connectivity index is 2.70. The van der Waals surface area contributed by atoms with Crippen LogP contribution in [-0.4, -0.2) is 14.5 Å². The topological polar surface area (TPSA) is 58.2 Å². The summed E-state index contributed by atoms with van der Waals surface area (Å²) in [5.41, 5.74) is 0.286. The molecule has 0 radical (unpaired) electrons. The minimum absolute atomic E-state index is 0.0900. The van der Waals surface area contributed by atoms with Gasteiger partial charge in [0.05, 0.1) is 0 Å². The highest BCUT2D eigenvalue weighted by Gasteiger charge is 2.12. The highest BCUT2D eigenvalue weighted by atomic mass is 79.9. The first-order valence-corrected chi connectivity index (χ1v) is 7.28. The Morgan fingerprint density at radius 1 is 1.41 bits per heavy atom. The van der Waals surface area contributed by atoms with Gasteiger partial charge >= 0.3 is 0 Å². The van der Waals surface area contributed by atoms with Crippen LogP contribution in [0.25, 0.3) is 0 Å². The molecule has 0 aliphatic carbocycles. The van der Waals surface area contributed by atoms with Crippen molar-refractivity contribution in [1.29, 1.82) is 0 Å². The fraction of sp³-hybridized carbons (Fsp3) is 0.400. The van der Waals surface area contributed by atoms with Crippen molar-refractivity contribution in [2.75, 3.05) is 0 Å². The number of hydrogen-bond donors (Lipinski definition) is 2. The molecule has 0 aliphatic heterocycles. The summed E-state index contributed by atoms with van der Waals surface area (Å²) >= 11 is 3.20. The second kappa shape index (κ2) is 5.90. The van der Waals surface area contributed by atoms with Gasteiger partial charge in [-0.2, -0.15) is 17.9 Å². The first kappa shape index (κ1) is 14.6. The van der Waals surface area contributed by atoms with Crippen LogP contribution in [0.1, 0.15) is 19.4 Å². The lowest BCUT2D eigenvalue weighted by Crippen LogP contribution is -2.40. The third-order valence-corrected chi connectivity index (χ3v) is 3.65. The van der Waals surface area contributed by atoms with Crippen LogP contribution in [-0.2, 0) is 16.8 Å². The van der Waals surface area contributed by atoms with E-state index in [1.807, 2.05) is 0 Å². The molecule has 1 aromatic rings. The van der Waals surface area contributed by atoms with Gasteiger partial charge in [-0.05, 0) is 32.0 Å². The lowest BCUT2D eigenvalue weighted by atomic mass is 10.2. The molecule has 0 unspecified atom stereocenters. The van der Waals surface area contributed by atoms with Crippen molar-refractivity contribution in [2.24, 2.45) is 0 Å². The maximum atomic E-state index is 13.3. The van der Waals surface area contributed by atoms with Gasteiger partial charge in [0, 0.05) is 22.6 Å². The second-order valence-corrected chi connectivity index (χ2v) is 6.28. The third kappa shape index (κ3) is 5.12. The Labute approximate surface area is 109 Å². The van der Waals surface area contributed by atoms with Gasteiger partial charge in [-0.25, -0.2) is 4.39 Å². The minimum atomic E-state index is -3.59. The van der Waals surface area contributed by atoms with E-state index in [0.717, 1.165) is 0 Å². The predicted octanol–water partition coefficient (Wildman–Crippen LogP) is 1.92. The number of nitrogens with one attached hydrogen (secondary N) is 2. The van der Waals surface area contributed by atoms with Gasteiger partial charge in [0.25, 0.3) is 10.2 Å². The van der Waals surface area contributed by atoms with Crippen LogP contribution in [0.15, 0.2) is 22.7 Å². The molecule has 0 fully saturated rings. The second-order valence-electron chi connectivity index (χ2n) is 3.83. The first-order valence-electron chi connectivity index (χ1n) is 5.01. The molecule has 7 heteroatoms. The molecular formula is C10H14BrFN2O2S. The standard InChI is InChI=1S/C10H14BrFN2O2S/c1-7(2)14-17(15,16)13-6-8-5-9(11)3-4-10(8)12/h3-5,7,13-14H,6H2,1-2H3. The van der Waals surface area contributed by atoms with Gasteiger partial charge in [0.1, 0.15) is 5.82 Å². The Bertz CT molecular complexity index is 491. The molecule has 1 aromatic carbocycles. The van der Waals surface area contributed by atoms with Gasteiger partial charge in [-0.15, -0.1) is 0 Å². The summed E-state index contributed by atoms with van der Waals surface area (Å²) in [6.07, 6.45) is 0. The average molecular weight is 325 g/mol. The van der Waals surface area contributed by atoms with Crippen molar-refractivity contribution in [2.45, 2.75) is 26.4 Å². The SMILES string of the molecule is CC(C)NS(=O)(=O)NCc1cc(Br)ccc1F. The average Bonchev–Trinajstić information content (AvgIpc) is 2.17. The van der Waals surface area contributed by atoms with E-state index < -0.39 is 16.0 Å². The van der Waals surface area contributed by atoms with E-state index in [0.29, 0.717) is 4.47 Å². The lowest BCUT2D eigenvalue weighted by molar-refractivity contribution is 0.551. The van der Waals surface area contributed by atoms with Gasteiger partial charge < -0.3 is 0 Å². The van der Waals surface area contributed by atoms with Gasteiger partial charge in [0.15, 0.2) is 0 Å². The van der Waals surface area contributed by atoms with E-state index in [-0.39, 0.29) is 18.2 Å². The van der Waals surface area contributed by atoms with Crippen molar-refractivity contribution in [3.05, 3.63) is 34.1 Å². The number of rotatable bonds is 5. The van der Waals surface area contributed by atoms with Crippen LogP contribution in [0, 0.1) is 5.82 Å². The van der Waals surface area contributed by atoms with E-state index in [2.05, 4.69) is 25.4 Å². The monoisotopic (exact) mass is 324 g/mol. The molecule has 0 aliphatic rings. The van der Waals surface area contributed by atoms with Crippen molar-refractivity contribution in [3.8, 4) is 0 Å². The van der Waals surface area contributed by atoms with Crippen molar-refractivity contribution < 1.29 is 12.8 Å². The highest BCUT2D eigenvalue weighted by molar-refractivity contribution is 9.10. The summed E-state index contributed by atoms with van der Waals surface area (Å²) in [7, 11) is -3.59. The van der Waals surface area contributed by atoms with E-state index >= 15 is 0 Å². The van der Waals surface area contributed by atoms with Crippen molar-refractivity contribution in [1.82, 2.24) is 9.44 Å². The van der Waals surface area contributed by atoms with Crippen LogP contribution in [0.4, 0.5) is 4.39 Å². The Morgan fingerprint density at radius 2 is 2.06 bits per heavy atom. The molecule has 0 aromatic heterocycles. The van der Waals surface area contributed by atoms with E-state index in [1.54, 1.807) is 19.9 Å². The van der Waals surface area contributed by atoms with E-state index in [4.69, 9.17) is 0 Å². The first-order chi connectivity index (χ1) is 7.80. The fourth-order valence-corrected chi connectivity index (χ4v) is 2.66. The van der Waals surface area contributed by atoms with Crippen LogP contribution >= 0.6 is 15.9 Å². The molecule has 17 heavy (non-hydrogen) atoms. The predicted molar refractivity (Wildman–Crippen MR) is 68.1 cm³/mol. The van der Waals surface area contributed by atoms with Crippen LogP contribution in [0.5, 0.6) is 0 Å². The molecule has 96 valence electrons. The maximum absolute atomic E-state index is 13.3. The zero-order chi connectivity index (χ0) is 13.1. The van der Waals surface area contributed by atoms with Crippen LogP contribution < -0.4 is 9.44 Å². The van der Waals surface area contributed by atoms with Gasteiger partial charge in [-0.3, -0.25) is 0 Å². The molecule has 4 nitrogen and oxygen atoms in total. The molecule has 0 saturated heterocycles. The molecule has 0 atom stereocenters. The number of hydrogen-bond acceptors (Lipinski definition) is 2. The Kier molecular flexibility index (Phi) is 5.05. The molecule has 0 saturated carbocycles. The van der Waals surface area contributed by atoms with Crippen molar-refractivity contribution in [3.63, 3.8) is 0 Å². The van der Waals surface area contributed by atoms with E-state index in [1.165, 1.54) is 12.1 Å². The maximum Gasteiger partial charge on any atom is 0.277 e. The zero-order valence-corrected chi connectivity index (χ0v) is 11.9. The lowest BCUT2D eigenvalue weighted by Gasteiger charge is -2.11. The zero-order valence-electron chi connectivity index (χ0n) is 9.50. The summed E-state index contributed by atoms with van der Waals surface area (Å²) < 4.78 is 41.6.